The number of carbonyl (C=O) groups is 1. The number of nitro benzene ring substituents is 1. The SMILES string of the molecule is CCCNCC(=O)Nc1ccc(Cl)c([N+](=O)[O-])c1. The van der Waals surface area contributed by atoms with E-state index in [1.165, 1.54) is 18.2 Å². The molecule has 0 aliphatic carbocycles. The Morgan fingerprint density at radius 3 is 2.83 bits per heavy atom. The van der Waals surface area contributed by atoms with Gasteiger partial charge < -0.3 is 10.6 Å². The van der Waals surface area contributed by atoms with Gasteiger partial charge in [0, 0.05) is 11.8 Å². The van der Waals surface area contributed by atoms with Crippen LogP contribution in [0.25, 0.3) is 0 Å². The van der Waals surface area contributed by atoms with Gasteiger partial charge in [0.05, 0.1) is 11.5 Å². The van der Waals surface area contributed by atoms with Crippen LogP contribution in [0.3, 0.4) is 0 Å². The third-order valence-corrected chi connectivity index (χ3v) is 2.46. The number of hydrogen-bond acceptors (Lipinski definition) is 4. The van der Waals surface area contributed by atoms with Gasteiger partial charge in [0.15, 0.2) is 0 Å². The molecule has 0 saturated heterocycles. The highest BCUT2D eigenvalue weighted by molar-refractivity contribution is 6.32. The van der Waals surface area contributed by atoms with E-state index < -0.39 is 4.92 Å². The van der Waals surface area contributed by atoms with E-state index in [1.807, 2.05) is 6.92 Å². The average Bonchev–Trinajstić information content (AvgIpc) is 2.31. The Morgan fingerprint density at radius 2 is 2.22 bits per heavy atom. The summed E-state index contributed by atoms with van der Waals surface area (Å²) in [6, 6.07) is 4.14. The van der Waals surface area contributed by atoms with Crippen LogP contribution in [0.4, 0.5) is 11.4 Å². The summed E-state index contributed by atoms with van der Waals surface area (Å²) in [6.07, 6.45) is 0.930. The molecule has 0 aliphatic rings. The van der Waals surface area contributed by atoms with E-state index in [9.17, 15) is 14.9 Å². The first kappa shape index (κ1) is 14.4. The van der Waals surface area contributed by atoms with Crippen molar-refractivity contribution in [1.29, 1.82) is 0 Å². The van der Waals surface area contributed by atoms with Crippen molar-refractivity contribution in [2.24, 2.45) is 0 Å². The molecule has 6 nitrogen and oxygen atoms in total. The topological polar surface area (TPSA) is 84.3 Å². The molecule has 0 atom stereocenters. The van der Waals surface area contributed by atoms with E-state index in [0.29, 0.717) is 5.69 Å². The minimum Gasteiger partial charge on any atom is -0.325 e. The number of hydrogen-bond donors (Lipinski definition) is 2. The van der Waals surface area contributed by atoms with Gasteiger partial charge >= 0.3 is 0 Å². The summed E-state index contributed by atoms with van der Waals surface area (Å²) in [5.41, 5.74) is 0.130. The Kier molecular flexibility index (Phi) is 5.54. The van der Waals surface area contributed by atoms with E-state index in [-0.39, 0.29) is 23.2 Å². The van der Waals surface area contributed by atoms with E-state index in [2.05, 4.69) is 10.6 Å². The summed E-state index contributed by atoms with van der Waals surface area (Å²) in [6.45, 7) is 2.91. The summed E-state index contributed by atoms with van der Waals surface area (Å²) in [5.74, 6) is -0.250. The maximum atomic E-state index is 11.5. The Hall–Kier alpha value is -1.66. The molecular formula is C11H14ClN3O3. The number of nitrogens with one attached hydrogen (secondary N) is 2. The zero-order valence-corrected chi connectivity index (χ0v) is 10.7. The summed E-state index contributed by atoms with van der Waals surface area (Å²) in [4.78, 5) is 21.6. The molecule has 1 rings (SSSR count). The molecular weight excluding hydrogens is 258 g/mol. The largest absolute Gasteiger partial charge is 0.325 e. The number of amides is 1. The van der Waals surface area contributed by atoms with E-state index in [4.69, 9.17) is 11.6 Å². The van der Waals surface area contributed by atoms with Crippen LogP contribution in [-0.4, -0.2) is 23.9 Å². The van der Waals surface area contributed by atoms with Gasteiger partial charge in [-0.25, -0.2) is 0 Å². The summed E-state index contributed by atoms with van der Waals surface area (Å²) >= 11 is 5.66. The van der Waals surface area contributed by atoms with Gasteiger partial charge in [-0.15, -0.1) is 0 Å². The Balaban J connectivity index is 2.65. The number of nitrogens with zero attached hydrogens (tertiary/aromatic N) is 1. The molecule has 18 heavy (non-hydrogen) atoms. The third kappa shape index (κ3) is 4.31. The third-order valence-electron chi connectivity index (χ3n) is 2.14. The summed E-state index contributed by atoms with van der Waals surface area (Å²) < 4.78 is 0. The Labute approximate surface area is 109 Å². The van der Waals surface area contributed by atoms with Crippen LogP contribution < -0.4 is 10.6 Å². The van der Waals surface area contributed by atoms with Crippen molar-refractivity contribution in [1.82, 2.24) is 5.32 Å². The van der Waals surface area contributed by atoms with Crippen molar-refractivity contribution in [3.05, 3.63) is 33.3 Å². The van der Waals surface area contributed by atoms with E-state index in [1.54, 1.807) is 0 Å². The van der Waals surface area contributed by atoms with Gasteiger partial charge in [-0.2, -0.15) is 0 Å². The molecule has 2 N–H and O–H groups in total. The summed E-state index contributed by atoms with van der Waals surface area (Å²) in [5, 5.41) is 16.2. The number of anilines is 1. The molecule has 0 bridgehead atoms. The van der Waals surface area contributed by atoms with Crippen molar-refractivity contribution in [3.8, 4) is 0 Å². The minimum absolute atomic E-state index is 0.0436. The molecule has 0 saturated carbocycles. The smallest absolute Gasteiger partial charge is 0.289 e. The molecule has 1 amide bonds. The second-order valence-corrected chi connectivity index (χ2v) is 4.06. The molecule has 7 heteroatoms. The van der Waals surface area contributed by atoms with Gasteiger partial charge in [-0.3, -0.25) is 14.9 Å². The average molecular weight is 272 g/mol. The first-order valence-electron chi connectivity index (χ1n) is 5.49. The second kappa shape index (κ2) is 6.93. The molecule has 98 valence electrons. The predicted molar refractivity (Wildman–Crippen MR) is 69.9 cm³/mol. The number of halogens is 1. The number of benzene rings is 1. The number of nitro groups is 1. The first-order valence-corrected chi connectivity index (χ1v) is 5.87. The van der Waals surface area contributed by atoms with Crippen molar-refractivity contribution in [2.75, 3.05) is 18.4 Å². The minimum atomic E-state index is -0.590. The van der Waals surface area contributed by atoms with Crippen molar-refractivity contribution >= 4 is 28.9 Å². The molecule has 0 heterocycles. The Morgan fingerprint density at radius 1 is 1.50 bits per heavy atom. The van der Waals surface area contributed by atoms with Crippen LogP contribution in [0.2, 0.25) is 5.02 Å². The van der Waals surface area contributed by atoms with Crippen LogP contribution in [-0.2, 0) is 4.79 Å². The summed E-state index contributed by atoms with van der Waals surface area (Å²) in [7, 11) is 0. The highest BCUT2D eigenvalue weighted by Crippen LogP contribution is 2.27. The Bertz CT molecular complexity index is 451. The standard InChI is InChI=1S/C11H14ClN3O3/c1-2-5-13-7-11(16)14-8-3-4-9(12)10(6-8)15(17)18/h3-4,6,13H,2,5,7H2,1H3,(H,14,16). The van der Waals surface area contributed by atoms with E-state index in [0.717, 1.165) is 13.0 Å². The van der Waals surface area contributed by atoms with Gasteiger partial charge in [0.2, 0.25) is 5.91 Å². The van der Waals surface area contributed by atoms with Crippen LogP contribution in [0.1, 0.15) is 13.3 Å². The van der Waals surface area contributed by atoms with Crippen molar-refractivity contribution in [3.63, 3.8) is 0 Å². The molecule has 0 unspecified atom stereocenters. The number of rotatable bonds is 6. The maximum Gasteiger partial charge on any atom is 0.289 e. The van der Waals surface area contributed by atoms with Crippen molar-refractivity contribution in [2.45, 2.75) is 13.3 Å². The fourth-order valence-electron chi connectivity index (χ4n) is 1.31. The molecule has 0 fully saturated rings. The first-order chi connectivity index (χ1) is 8.54. The second-order valence-electron chi connectivity index (χ2n) is 3.65. The predicted octanol–water partition coefficient (Wildman–Crippen LogP) is 2.19. The lowest BCUT2D eigenvalue weighted by Crippen LogP contribution is -2.28. The van der Waals surface area contributed by atoms with Gasteiger partial charge in [0.25, 0.3) is 5.69 Å². The highest BCUT2D eigenvalue weighted by atomic mass is 35.5. The fourth-order valence-corrected chi connectivity index (χ4v) is 1.50. The molecule has 0 aliphatic heterocycles. The van der Waals surface area contributed by atoms with Crippen LogP contribution in [0.5, 0.6) is 0 Å². The molecule has 1 aromatic carbocycles. The quantitative estimate of drug-likeness (QED) is 0.472. The van der Waals surface area contributed by atoms with Gasteiger partial charge in [-0.1, -0.05) is 18.5 Å². The van der Waals surface area contributed by atoms with Crippen LogP contribution in [0.15, 0.2) is 18.2 Å². The van der Waals surface area contributed by atoms with Crippen molar-refractivity contribution < 1.29 is 9.72 Å². The molecule has 0 spiro atoms. The van der Waals surface area contributed by atoms with Gasteiger partial charge in [-0.05, 0) is 25.1 Å². The monoisotopic (exact) mass is 271 g/mol. The van der Waals surface area contributed by atoms with Crippen LogP contribution >= 0.6 is 11.6 Å². The highest BCUT2D eigenvalue weighted by Gasteiger charge is 2.13. The lowest BCUT2D eigenvalue weighted by Gasteiger charge is -2.06. The van der Waals surface area contributed by atoms with Crippen LogP contribution in [0, 0.1) is 10.1 Å². The molecule has 0 aromatic heterocycles. The zero-order chi connectivity index (χ0) is 13.5. The van der Waals surface area contributed by atoms with Gasteiger partial charge in [0.1, 0.15) is 5.02 Å². The molecule has 1 aromatic rings. The fraction of sp³-hybridized carbons (Fsp3) is 0.364. The normalized spacial score (nSPS) is 10.1. The van der Waals surface area contributed by atoms with E-state index >= 15 is 0 Å². The zero-order valence-electron chi connectivity index (χ0n) is 9.90. The molecule has 0 radical (unpaired) electrons. The lowest BCUT2D eigenvalue weighted by molar-refractivity contribution is -0.384. The maximum absolute atomic E-state index is 11.5. The lowest BCUT2D eigenvalue weighted by atomic mass is 10.3. The number of carbonyl (C=O) groups excluding carboxylic acids is 1.